The molecule has 2 aromatic rings. The van der Waals surface area contributed by atoms with Crippen LogP contribution in [-0.4, -0.2) is 60.1 Å². The van der Waals surface area contributed by atoms with E-state index in [1.54, 1.807) is 25.2 Å². The third-order valence-electron chi connectivity index (χ3n) is 7.15. The number of nitrogen functional groups attached to an aromatic ring is 1. The topological polar surface area (TPSA) is 74.8 Å². The fourth-order valence-electron chi connectivity index (χ4n) is 4.49. The van der Waals surface area contributed by atoms with E-state index in [0.29, 0.717) is 17.6 Å². The number of hydrogen-bond acceptors (Lipinski definition) is 5. The van der Waals surface area contributed by atoms with Gasteiger partial charge >= 0.3 is 0 Å². The number of hydrogen-bond donors (Lipinski definition) is 1. The van der Waals surface area contributed by atoms with Gasteiger partial charge in [-0.3, -0.25) is 19.7 Å². The number of amides is 1. The molecule has 1 aromatic heterocycles. The lowest BCUT2D eigenvalue weighted by Gasteiger charge is -2.36. The van der Waals surface area contributed by atoms with Crippen LogP contribution in [-0.2, 0) is 0 Å². The van der Waals surface area contributed by atoms with Crippen molar-refractivity contribution in [1.82, 2.24) is 14.8 Å². The van der Waals surface area contributed by atoms with Crippen molar-refractivity contribution in [2.75, 3.05) is 32.9 Å². The number of likely N-dealkylation sites (tertiary alicyclic amines) is 1. The fourth-order valence-corrected chi connectivity index (χ4v) is 4.49. The van der Waals surface area contributed by atoms with Crippen LogP contribution in [0.15, 0.2) is 77.1 Å². The van der Waals surface area contributed by atoms with Gasteiger partial charge in [0.2, 0.25) is 0 Å². The number of pyridine rings is 1. The molecule has 1 fully saturated rings. The molecule has 1 aliphatic heterocycles. The molecule has 2 N–H and O–H groups in total. The van der Waals surface area contributed by atoms with E-state index in [2.05, 4.69) is 53.0 Å². The third-order valence-corrected chi connectivity index (χ3v) is 7.15. The lowest BCUT2D eigenvalue weighted by molar-refractivity contribution is 0.0827. The average molecular weight is 530 g/mol. The maximum absolute atomic E-state index is 12.1. The summed E-state index contributed by atoms with van der Waals surface area (Å²) in [5.41, 5.74) is 12.7. The normalized spacial score (nSPS) is 16.6. The number of piperidine rings is 1. The predicted molar refractivity (Wildman–Crippen MR) is 167 cm³/mol. The molecule has 0 spiro atoms. The summed E-state index contributed by atoms with van der Waals surface area (Å²) < 4.78 is 0. The highest BCUT2D eigenvalue weighted by molar-refractivity contribution is 5.93. The monoisotopic (exact) mass is 529 g/mol. The smallest absolute Gasteiger partial charge is 0.253 e. The van der Waals surface area contributed by atoms with Crippen molar-refractivity contribution in [1.29, 1.82) is 0 Å². The summed E-state index contributed by atoms with van der Waals surface area (Å²) >= 11 is 0. The van der Waals surface area contributed by atoms with Crippen molar-refractivity contribution >= 4 is 23.4 Å². The first kappa shape index (κ1) is 31.7. The minimum atomic E-state index is 0.0504. The van der Waals surface area contributed by atoms with Crippen LogP contribution in [0.4, 0.5) is 5.69 Å². The van der Waals surface area contributed by atoms with E-state index in [4.69, 9.17) is 5.73 Å². The lowest BCUT2D eigenvalue weighted by atomic mass is 9.88. The quantitative estimate of drug-likeness (QED) is 0.296. The molecule has 1 atom stereocenters. The number of nitrogens with two attached hydrogens (primary N) is 1. The van der Waals surface area contributed by atoms with E-state index in [1.807, 2.05) is 64.3 Å². The van der Waals surface area contributed by atoms with Gasteiger partial charge in [0.1, 0.15) is 0 Å². The van der Waals surface area contributed by atoms with E-state index in [0.717, 1.165) is 48.5 Å². The Bertz CT molecular complexity index is 1170. The number of allylic oxidation sites excluding steroid dienone is 5. The van der Waals surface area contributed by atoms with Gasteiger partial charge in [0.05, 0.1) is 17.6 Å². The molecule has 1 unspecified atom stereocenters. The predicted octanol–water partition coefficient (Wildman–Crippen LogP) is 6.98. The molecule has 1 amide bonds. The first-order valence-corrected chi connectivity index (χ1v) is 14.0. The summed E-state index contributed by atoms with van der Waals surface area (Å²) in [7, 11) is 3.57. The van der Waals surface area contributed by atoms with Crippen LogP contribution in [0.5, 0.6) is 0 Å². The Balaban J connectivity index is 0.00000260. The number of carbonyl (C=O) groups excluding carboxylic acids is 1. The second-order valence-corrected chi connectivity index (χ2v) is 10.1. The Morgan fingerprint density at radius 2 is 1.67 bits per heavy atom. The standard InChI is InChI=1S/C31H41N5O.C2H6/c1-22(7-8-24(3)33-18-15-23(2)30-14-13-29(32)21-34-30)25(4)36-19-16-27(17-20-36)26-9-11-28(12-10-26)31(37)35(5)6;1-2/h7-15,18,21,25,27H,16-17,19-20,32H2,1-6H3;1-2H3/b22-7+,23-15+,24-8+,33-18+;. The second kappa shape index (κ2) is 15.8. The molecule has 1 aromatic carbocycles. The molecule has 6 heteroatoms. The number of anilines is 1. The second-order valence-electron chi connectivity index (χ2n) is 10.1. The summed E-state index contributed by atoms with van der Waals surface area (Å²) in [6, 6.07) is 12.3. The summed E-state index contributed by atoms with van der Waals surface area (Å²) in [6.07, 6.45) is 12.0. The number of nitrogens with zero attached hydrogens (tertiary/aromatic N) is 4. The Hall–Kier alpha value is -3.51. The molecule has 1 saturated heterocycles. The first-order valence-electron chi connectivity index (χ1n) is 14.0. The number of aromatic nitrogens is 1. The van der Waals surface area contributed by atoms with Crippen molar-refractivity contribution in [3.8, 4) is 0 Å². The summed E-state index contributed by atoms with van der Waals surface area (Å²) in [4.78, 5) is 25.2. The van der Waals surface area contributed by atoms with E-state index < -0.39 is 0 Å². The summed E-state index contributed by atoms with van der Waals surface area (Å²) in [5.74, 6) is 0.599. The SMILES string of the molecule is CC.CC(=C\C=C(/C)C(C)N1CCC(c2ccc(C(=O)N(C)C)cc2)CC1)/N=C/C=C(\C)c1ccc(N)cn1. The van der Waals surface area contributed by atoms with Gasteiger partial charge < -0.3 is 10.6 Å². The molecule has 39 heavy (non-hydrogen) atoms. The zero-order chi connectivity index (χ0) is 28.9. The van der Waals surface area contributed by atoms with Crippen molar-refractivity contribution in [3.63, 3.8) is 0 Å². The van der Waals surface area contributed by atoms with E-state index in [1.165, 1.54) is 11.1 Å². The number of carbonyl (C=O) groups is 1. The van der Waals surface area contributed by atoms with Crippen LogP contribution < -0.4 is 5.73 Å². The number of aliphatic imine (C=N–C) groups is 1. The van der Waals surface area contributed by atoms with Gasteiger partial charge in [-0.05, 0) is 107 Å². The Labute approximate surface area is 236 Å². The molecule has 3 rings (SSSR count). The van der Waals surface area contributed by atoms with Gasteiger partial charge in [-0.15, -0.1) is 0 Å². The Morgan fingerprint density at radius 3 is 2.23 bits per heavy atom. The molecule has 0 aliphatic carbocycles. The maximum Gasteiger partial charge on any atom is 0.253 e. The van der Waals surface area contributed by atoms with Gasteiger partial charge in [0.25, 0.3) is 5.91 Å². The molecular formula is C33H47N5O. The Kier molecular flexibility index (Phi) is 12.8. The largest absolute Gasteiger partial charge is 0.397 e. The van der Waals surface area contributed by atoms with Crippen molar-refractivity contribution in [3.05, 3.63) is 88.9 Å². The summed E-state index contributed by atoms with van der Waals surface area (Å²) in [6.45, 7) is 14.6. The van der Waals surface area contributed by atoms with Crippen molar-refractivity contribution < 1.29 is 4.79 Å². The minimum Gasteiger partial charge on any atom is -0.397 e. The zero-order valence-electron chi connectivity index (χ0n) is 25.1. The highest BCUT2D eigenvalue weighted by atomic mass is 16.2. The summed E-state index contributed by atoms with van der Waals surface area (Å²) in [5, 5.41) is 0. The first-order chi connectivity index (χ1) is 18.7. The molecule has 6 nitrogen and oxygen atoms in total. The van der Waals surface area contributed by atoms with E-state index >= 15 is 0 Å². The third kappa shape index (κ3) is 9.63. The molecule has 0 radical (unpaired) electrons. The average Bonchev–Trinajstić information content (AvgIpc) is 2.96. The molecule has 210 valence electrons. The fraction of sp³-hybridized carbons (Fsp3) is 0.424. The van der Waals surface area contributed by atoms with Gasteiger partial charge in [-0.25, -0.2) is 0 Å². The van der Waals surface area contributed by atoms with Crippen molar-refractivity contribution in [2.24, 2.45) is 4.99 Å². The van der Waals surface area contributed by atoms with Crippen LogP contribution >= 0.6 is 0 Å². The molecular weight excluding hydrogens is 482 g/mol. The van der Waals surface area contributed by atoms with Crippen LogP contribution in [0, 0.1) is 0 Å². The van der Waals surface area contributed by atoms with Crippen LogP contribution in [0.1, 0.15) is 81.9 Å². The molecule has 2 heterocycles. The van der Waals surface area contributed by atoms with Gasteiger partial charge in [0, 0.05) is 37.6 Å². The molecule has 0 bridgehead atoms. The Morgan fingerprint density at radius 1 is 1.03 bits per heavy atom. The van der Waals surface area contributed by atoms with Crippen LogP contribution in [0.2, 0.25) is 0 Å². The zero-order valence-corrected chi connectivity index (χ0v) is 25.1. The molecule has 0 saturated carbocycles. The molecule has 1 aliphatic rings. The lowest BCUT2D eigenvalue weighted by Crippen LogP contribution is -2.40. The minimum absolute atomic E-state index is 0.0504. The highest BCUT2D eigenvalue weighted by Crippen LogP contribution is 2.30. The van der Waals surface area contributed by atoms with Gasteiger partial charge in [-0.2, -0.15) is 0 Å². The van der Waals surface area contributed by atoms with Gasteiger partial charge in [0.15, 0.2) is 0 Å². The number of rotatable bonds is 8. The van der Waals surface area contributed by atoms with Crippen molar-refractivity contribution in [2.45, 2.75) is 66.3 Å². The maximum atomic E-state index is 12.1. The van der Waals surface area contributed by atoms with Gasteiger partial charge in [-0.1, -0.05) is 37.6 Å². The number of benzene rings is 1. The van der Waals surface area contributed by atoms with E-state index in [-0.39, 0.29) is 5.91 Å². The highest BCUT2D eigenvalue weighted by Gasteiger charge is 2.24. The van der Waals surface area contributed by atoms with Crippen LogP contribution in [0.3, 0.4) is 0 Å². The van der Waals surface area contributed by atoms with E-state index in [9.17, 15) is 4.79 Å². The van der Waals surface area contributed by atoms with Crippen LogP contribution in [0.25, 0.3) is 5.57 Å².